The summed E-state index contributed by atoms with van der Waals surface area (Å²) in [6.45, 7) is 7.42. The Balaban J connectivity index is 3.65. The summed E-state index contributed by atoms with van der Waals surface area (Å²) < 4.78 is 0. The largest absolute Gasteiger partial charge is 0.381 e. The maximum Gasteiger partial charge on any atom is 0.0940 e. The summed E-state index contributed by atoms with van der Waals surface area (Å²) >= 11 is 0. The maximum atomic E-state index is 8.39. The summed E-state index contributed by atoms with van der Waals surface area (Å²) in [5, 5.41) is 8.39. The van der Waals surface area contributed by atoms with Crippen LogP contribution in [0.3, 0.4) is 0 Å². The molecule has 2 nitrogen and oxygen atoms in total. The number of rotatable bonds is 4. The SMILES string of the molecule is C=C(C#N)CCC(=C)N(C)C. The number of hydrogen-bond donors (Lipinski definition) is 0. The normalized spacial score (nSPS) is 8.45. The van der Waals surface area contributed by atoms with Crippen molar-refractivity contribution in [3.8, 4) is 6.07 Å². The minimum absolute atomic E-state index is 0.619. The fourth-order valence-corrected chi connectivity index (χ4v) is 0.575. The second-order valence-corrected chi connectivity index (χ2v) is 2.68. The summed E-state index contributed by atoms with van der Waals surface area (Å²) in [6.07, 6.45) is 1.53. The van der Waals surface area contributed by atoms with Crippen LogP contribution in [0.25, 0.3) is 0 Å². The minimum Gasteiger partial charge on any atom is -0.381 e. The highest BCUT2D eigenvalue weighted by molar-refractivity contribution is 5.16. The first-order valence-corrected chi connectivity index (χ1v) is 3.51. The van der Waals surface area contributed by atoms with Gasteiger partial charge in [0.05, 0.1) is 6.07 Å². The molecule has 0 amide bonds. The van der Waals surface area contributed by atoms with E-state index in [2.05, 4.69) is 13.2 Å². The third-order valence-electron chi connectivity index (χ3n) is 1.51. The smallest absolute Gasteiger partial charge is 0.0940 e. The Morgan fingerprint density at radius 2 is 1.91 bits per heavy atom. The molecule has 0 aliphatic carbocycles. The zero-order valence-electron chi connectivity index (χ0n) is 7.22. The Labute approximate surface area is 68.4 Å². The lowest BCUT2D eigenvalue weighted by Gasteiger charge is -2.14. The second-order valence-electron chi connectivity index (χ2n) is 2.68. The van der Waals surface area contributed by atoms with E-state index in [4.69, 9.17) is 5.26 Å². The van der Waals surface area contributed by atoms with E-state index in [0.29, 0.717) is 12.0 Å². The molecule has 0 radical (unpaired) electrons. The van der Waals surface area contributed by atoms with Crippen molar-refractivity contribution in [1.29, 1.82) is 5.26 Å². The van der Waals surface area contributed by atoms with E-state index in [1.165, 1.54) is 0 Å². The molecule has 0 aliphatic heterocycles. The van der Waals surface area contributed by atoms with Crippen LogP contribution in [0.5, 0.6) is 0 Å². The number of nitrogens with zero attached hydrogens (tertiary/aromatic N) is 2. The molecule has 0 aromatic heterocycles. The molecule has 0 N–H and O–H groups in total. The van der Waals surface area contributed by atoms with Crippen molar-refractivity contribution in [2.75, 3.05) is 14.1 Å². The standard InChI is InChI=1S/C9H14N2/c1-8(7-10)5-6-9(2)11(3)4/h1-2,5-6H2,3-4H3. The molecule has 0 heterocycles. The van der Waals surface area contributed by atoms with Crippen molar-refractivity contribution in [3.63, 3.8) is 0 Å². The van der Waals surface area contributed by atoms with Gasteiger partial charge in [-0.15, -0.1) is 0 Å². The van der Waals surface area contributed by atoms with Crippen molar-refractivity contribution in [2.24, 2.45) is 0 Å². The number of allylic oxidation sites excluding steroid dienone is 2. The van der Waals surface area contributed by atoms with E-state index in [1.807, 2.05) is 25.1 Å². The topological polar surface area (TPSA) is 27.0 Å². The third-order valence-corrected chi connectivity index (χ3v) is 1.51. The average molecular weight is 150 g/mol. The van der Waals surface area contributed by atoms with Crippen LogP contribution in [0.2, 0.25) is 0 Å². The number of nitriles is 1. The quantitative estimate of drug-likeness (QED) is 0.572. The van der Waals surface area contributed by atoms with Crippen molar-refractivity contribution >= 4 is 0 Å². The van der Waals surface area contributed by atoms with Crippen LogP contribution < -0.4 is 0 Å². The second kappa shape index (κ2) is 4.56. The van der Waals surface area contributed by atoms with Crippen LogP contribution in [-0.2, 0) is 0 Å². The van der Waals surface area contributed by atoms with Crippen LogP contribution in [-0.4, -0.2) is 19.0 Å². The molecule has 11 heavy (non-hydrogen) atoms. The van der Waals surface area contributed by atoms with Crippen LogP contribution in [0, 0.1) is 11.3 Å². The first kappa shape index (κ1) is 9.77. The molecule has 0 aliphatic rings. The zero-order chi connectivity index (χ0) is 8.85. The van der Waals surface area contributed by atoms with E-state index in [1.54, 1.807) is 0 Å². The van der Waals surface area contributed by atoms with Crippen LogP contribution >= 0.6 is 0 Å². The molecular formula is C9H14N2. The molecule has 0 atom stereocenters. The van der Waals surface area contributed by atoms with Crippen LogP contribution in [0.1, 0.15) is 12.8 Å². The van der Waals surface area contributed by atoms with Gasteiger partial charge in [0.1, 0.15) is 0 Å². The van der Waals surface area contributed by atoms with Gasteiger partial charge in [-0.3, -0.25) is 0 Å². The van der Waals surface area contributed by atoms with Crippen molar-refractivity contribution in [2.45, 2.75) is 12.8 Å². The van der Waals surface area contributed by atoms with E-state index >= 15 is 0 Å². The fraction of sp³-hybridized carbons (Fsp3) is 0.444. The Bertz CT molecular complexity index is 196. The first-order valence-electron chi connectivity index (χ1n) is 3.51. The third kappa shape index (κ3) is 4.21. The van der Waals surface area contributed by atoms with Gasteiger partial charge in [0.2, 0.25) is 0 Å². The average Bonchev–Trinajstić information content (AvgIpc) is 1.99. The monoisotopic (exact) mass is 150 g/mol. The maximum absolute atomic E-state index is 8.39. The minimum atomic E-state index is 0.619. The molecule has 0 saturated heterocycles. The van der Waals surface area contributed by atoms with Gasteiger partial charge in [0.25, 0.3) is 0 Å². The van der Waals surface area contributed by atoms with Crippen molar-refractivity contribution < 1.29 is 0 Å². The molecule has 0 saturated carbocycles. The van der Waals surface area contributed by atoms with Crippen LogP contribution in [0.4, 0.5) is 0 Å². The molecule has 2 heteroatoms. The molecule has 0 spiro atoms. The van der Waals surface area contributed by atoms with Gasteiger partial charge < -0.3 is 4.90 Å². The predicted octanol–water partition coefficient (Wildman–Crippen LogP) is 1.92. The molecule has 0 fully saturated rings. The highest BCUT2D eigenvalue weighted by Crippen LogP contribution is 2.08. The zero-order valence-corrected chi connectivity index (χ0v) is 7.22. The molecule has 0 unspecified atom stereocenters. The summed E-state index contributed by atoms with van der Waals surface area (Å²) in [5.41, 5.74) is 1.65. The Hall–Kier alpha value is -1.23. The number of hydrogen-bond acceptors (Lipinski definition) is 2. The van der Waals surface area contributed by atoms with E-state index in [0.717, 1.165) is 12.1 Å². The Kier molecular flexibility index (Phi) is 4.05. The van der Waals surface area contributed by atoms with Gasteiger partial charge in [-0.05, 0) is 12.8 Å². The lowest BCUT2D eigenvalue weighted by atomic mass is 10.1. The molecule has 0 aromatic rings. The van der Waals surface area contributed by atoms with Crippen LogP contribution in [0.15, 0.2) is 24.4 Å². The Morgan fingerprint density at radius 1 is 1.36 bits per heavy atom. The van der Waals surface area contributed by atoms with Gasteiger partial charge >= 0.3 is 0 Å². The fourth-order valence-electron chi connectivity index (χ4n) is 0.575. The van der Waals surface area contributed by atoms with Gasteiger partial charge in [0, 0.05) is 25.4 Å². The highest BCUT2D eigenvalue weighted by atomic mass is 15.1. The van der Waals surface area contributed by atoms with Crippen molar-refractivity contribution in [3.05, 3.63) is 24.4 Å². The van der Waals surface area contributed by atoms with Gasteiger partial charge in [0.15, 0.2) is 0 Å². The van der Waals surface area contributed by atoms with Gasteiger partial charge in [-0.25, -0.2) is 0 Å². The van der Waals surface area contributed by atoms with Gasteiger partial charge in [-0.2, -0.15) is 5.26 Å². The summed E-state index contributed by atoms with van der Waals surface area (Å²) in [4.78, 5) is 1.95. The lowest BCUT2D eigenvalue weighted by molar-refractivity contribution is 0.490. The molecule has 60 valence electrons. The van der Waals surface area contributed by atoms with Crippen molar-refractivity contribution in [1.82, 2.24) is 4.90 Å². The van der Waals surface area contributed by atoms with E-state index in [9.17, 15) is 0 Å². The first-order chi connectivity index (χ1) is 5.07. The summed E-state index contributed by atoms with van der Waals surface area (Å²) in [5.74, 6) is 0. The van der Waals surface area contributed by atoms with E-state index < -0.39 is 0 Å². The Morgan fingerprint density at radius 3 is 2.27 bits per heavy atom. The molecule has 0 rings (SSSR count). The summed E-state index contributed by atoms with van der Waals surface area (Å²) in [6, 6.07) is 2.01. The highest BCUT2D eigenvalue weighted by Gasteiger charge is 1.97. The molecule has 0 aromatic carbocycles. The molecular weight excluding hydrogens is 136 g/mol. The summed E-state index contributed by atoms with van der Waals surface area (Å²) in [7, 11) is 3.88. The molecule has 0 bridgehead atoms. The lowest BCUT2D eigenvalue weighted by Crippen LogP contribution is -2.09. The predicted molar refractivity (Wildman–Crippen MR) is 46.8 cm³/mol. The van der Waals surface area contributed by atoms with Gasteiger partial charge in [-0.1, -0.05) is 13.2 Å². The van der Waals surface area contributed by atoms with E-state index in [-0.39, 0.29) is 0 Å².